The largest absolute Gasteiger partial charge is 0.396 e. The molecule has 1 saturated heterocycles. The summed E-state index contributed by atoms with van der Waals surface area (Å²) in [4.78, 5) is 11.6. The van der Waals surface area contributed by atoms with E-state index in [1.807, 2.05) is 25.3 Å². The molecule has 1 fully saturated rings. The molecule has 0 aromatic carbocycles. The highest BCUT2D eigenvalue weighted by Gasteiger charge is 2.16. The molecular weight excluding hydrogens is 575 g/mol. The van der Waals surface area contributed by atoms with Gasteiger partial charge in [-0.25, -0.2) is 4.39 Å². The molecule has 2 rings (SSSR count). The van der Waals surface area contributed by atoms with E-state index in [4.69, 9.17) is 5.73 Å². The third-order valence-corrected chi connectivity index (χ3v) is 8.38. The van der Waals surface area contributed by atoms with Crippen LogP contribution in [0.15, 0.2) is 80.7 Å². The van der Waals surface area contributed by atoms with E-state index in [0.717, 1.165) is 57.9 Å². The number of likely N-dealkylation sites (N-methyl/N-ethyl adjacent to an activating group) is 1. The van der Waals surface area contributed by atoms with Crippen molar-refractivity contribution in [3.8, 4) is 0 Å². The Bertz CT molecular complexity index is 1140. The van der Waals surface area contributed by atoms with Crippen molar-refractivity contribution in [2.45, 2.75) is 80.1 Å². The van der Waals surface area contributed by atoms with Crippen molar-refractivity contribution < 1.29 is 4.39 Å². The van der Waals surface area contributed by atoms with E-state index in [1.54, 1.807) is 6.08 Å². The summed E-state index contributed by atoms with van der Waals surface area (Å²) < 4.78 is 14.9. The van der Waals surface area contributed by atoms with Gasteiger partial charge in [0.2, 0.25) is 0 Å². The number of halogens is 1. The average molecular weight is 639 g/mol. The van der Waals surface area contributed by atoms with E-state index in [-0.39, 0.29) is 12.4 Å². The fourth-order valence-electron chi connectivity index (χ4n) is 5.70. The molecule has 0 spiro atoms. The maximum atomic E-state index is 14.9. The molecular formula is C37H63FN8. The summed E-state index contributed by atoms with van der Waals surface area (Å²) in [5, 5.41) is 10.0. The monoisotopic (exact) mass is 639 g/mol. The van der Waals surface area contributed by atoms with Crippen LogP contribution < -0.4 is 11.1 Å². The minimum absolute atomic E-state index is 0.0723. The summed E-state index contributed by atoms with van der Waals surface area (Å²) in [5.41, 5.74) is 9.49. The lowest BCUT2D eigenvalue weighted by Gasteiger charge is -2.30. The van der Waals surface area contributed by atoms with Crippen molar-refractivity contribution in [3.63, 3.8) is 0 Å². The highest BCUT2D eigenvalue weighted by Crippen LogP contribution is 2.18. The van der Waals surface area contributed by atoms with Gasteiger partial charge in [0.15, 0.2) is 5.83 Å². The van der Waals surface area contributed by atoms with Crippen molar-refractivity contribution in [2.24, 2.45) is 21.7 Å². The van der Waals surface area contributed by atoms with Gasteiger partial charge >= 0.3 is 0 Å². The standard InChI is InChI=1S/C37H63FN8/c1-8-12-19-35(31(5)6)46(11-4)42-22-14-13-18-33(9-2)37(39)34(38)27-40-30-41-36-21-20-32(28-43(36)7)29-45-24-16-15-23-44(10-3)25-17-26-45/h9,13,18-22,27,31,41H,8,10-12,14-17,23-26,28-30,39H2,1-7H3/b18-13-,33-9+,35-19-,37-34+,40-27-,42-22+. The molecule has 0 atom stereocenters. The van der Waals surface area contributed by atoms with Gasteiger partial charge in [-0.1, -0.05) is 64.5 Å². The van der Waals surface area contributed by atoms with E-state index < -0.39 is 5.83 Å². The molecule has 3 N–H and O–H groups in total. The van der Waals surface area contributed by atoms with E-state index in [1.165, 1.54) is 49.8 Å². The quantitative estimate of drug-likeness (QED) is 0.104. The van der Waals surface area contributed by atoms with Crippen molar-refractivity contribution in [2.75, 3.05) is 66.1 Å². The fourth-order valence-corrected chi connectivity index (χ4v) is 5.70. The Balaban J connectivity index is 1.88. The molecule has 0 bridgehead atoms. The summed E-state index contributed by atoms with van der Waals surface area (Å²) in [7, 11) is 2.08. The predicted octanol–water partition coefficient (Wildman–Crippen LogP) is 6.81. The smallest absolute Gasteiger partial charge is 0.164 e. The second kappa shape index (κ2) is 22.4. The Morgan fingerprint density at radius 1 is 1.09 bits per heavy atom. The summed E-state index contributed by atoms with van der Waals surface area (Å²) in [6.45, 7) is 21.6. The predicted molar refractivity (Wildman–Crippen MR) is 196 cm³/mol. The summed E-state index contributed by atoms with van der Waals surface area (Å²) in [5.74, 6) is 0.834. The van der Waals surface area contributed by atoms with Crippen LogP contribution in [0.4, 0.5) is 4.39 Å². The zero-order chi connectivity index (χ0) is 33.7. The Hall–Kier alpha value is -3.17. The molecule has 2 aliphatic heterocycles. The molecule has 0 unspecified atom stereocenters. The highest BCUT2D eigenvalue weighted by molar-refractivity contribution is 5.78. The Morgan fingerprint density at radius 2 is 1.80 bits per heavy atom. The number of allylic oxidation sites excluding steroid dienone is 8. The van der Waals surface area contributed by atoms with Crippen LogP contribution in [-0.2, 0) is 0 Å². The topological polar surface area (TPSA) is 75.7 Å². The normalized spacial score (nSPS) is 19.0. The zero-order valence-electron chi connectivity index (χ0n) is 29.9. The molecule has 0 saturated carbocycles. The first kappa shape index (κ1) is 39.0. The van der Waals surface area contributed by atoms with Crippen LogP contribution >= 0.6 is 0 Å². The van der Waals surface area contributed by atoms with Gasteiger partial charge in [0.1, 0.15) is 12.5 Å². The van der Waals surface area contributed by atoms with Crippen LogP contribution in [0.1, 0.15) is 80.1 Å². The van der Waals surface area contributed by atoms with E-state index in [9.17, 15) is 4.39 Å². The maximum Gasteiger partial charge on any atom is 0.164 e. The van der Waals surface area contributed by atoms with Gasteiger partial charge in [0, 0.05) is 45.0 Å². The van der Waals surface area contributed by atoms with Crippen LogP contribution in [0, 0.1) is 5.92 Å². The number of aliphatic imine (C=N–C) groups is 1. The number of hydrazone groups is 1. The molecule has 0 aliphatic carbocycles. The van der Waals surface area contributed by atoms with E-state index >= 15 is 0 Å². The highest BCUT2D eigenvalue weighted by atomic mass is 19.1. The second-order valence-corrected chi connectivity index (χ2v) is 12.4. The summed E-state index contributed by atoms with van der Waals surface area (Å²) in [6, 6.07) is 0. The lowest BCUT2D eigenvalue weighted by atomic mass is 10.1. The Labute approximate surface area is 280 Å². The number of nitrogens with one attached hydrogen (secondary N) is 1. The van der Waals surface area contributed by atoms with Crippen LogP contribution in [-0.4, -0.2) is 98.2 Å². The Morgan fingerprint density at radius 3 is 2.46 bits per heavy atom. The van der Waals surface area contributed by atoms with Gasteiger partial charge in [-0.2, -0.15) is 5.10 Å². The van der Waals surface area contributed by atoms with Gasteiger partial charge in [-0.15, -0.1) is 0 Å². The first-order chi connectivity index (χ1) is 22.2. The Kier molecular flexibility index (Phi) is 19.0. The van der Waals surface area contributed by atoms with Crippen LogP contribution in [0.3, 0.4) is 0 Å². The van der Waals surface area contributed by atoms with Crippen molar-refractivity contribution in [1.29, 1.82) is 0 Å². The molecule has 0 radical (unpaired) electrons. The molecule has 46 heavy (non-hydrogen) atoms. The number of unbranched alkanes of at least 4 members (excludes halogenated alkanes) is 1. The zero-order valence-corrected chi connectivity index (χ0v) is 29.9. The van der Waals surface area contributed by atoms with E-state index in [2.05, 4.69) is 95.0 Å². The summed E-state index contributed by atoms with van der Waals surface area (Å²) >= 11 is 0. The van der Waals surface area contributed by atoms with Crippen molar-refractivity contribution in [1.82, 2.24) is 25.0 Å². The van der Waals surface area contributed by atoms with Gasteiger partial charge in [0.25, 0.3) is 0 Å². The third kappa shape index (κ3) is 14.1. The number of hydrogen-bond donors (Lipinski definition) is 2. The molecule has 258 valence electrons. The van der Waals surface area contributed by atoms with Crippen molar-refractivity contribution >= 4 is 12.4 Å². The molecule has 0 aromatic rings. The lowest BCUT2D eigenvalue weighted by Crippen LogP contribution is -2.36. The van der Waals surface area contributed by atoms with Gasteiger partial charge in [-0.05, 0) is 95.4 Å². The van der Waals surface area contributed by atoms with Crippen molar-refractivity contribution in [3.05, 3.63) is 70.6 Å². The minimum atomic E-state index is -0.549. The molecule has 9 heteroatoms. The molecule has 8 nitrogen and oxygen atoms in total. The first-order valence-electron chi connectivity index (χ1n) is 17.5. The average Bonchev–Trinajstić information content (AvgIpc) is 3.16. The maximum absolute atomic E-state index is 14.9. The first-order valence-corrected chi connectivity index (χ1v) is 17.5. The van der Waals surface area contributed by atoms with Gasteiger partial charge in [-0.3, -0.25) is 14.9 Å². The molecule has 0 aromatic heterocycles. The van der Waals surface area contributed by atoms with Crippen LogP contribution in [0.25, 0.3) is 0 Å². The minimum Gasteiger partial charge on any atom is -0.396 e. The summed E-state index contributed by atoms with van der Waals surface area (Å²) in [6.07, 6.45) is 21.8. The second-order valence-electron chi connectivity index (χ2n) is 12.4. The number of rotatable bonds is 17. The van der Waals surface area contributed by atoms with Gasteiger partial charge < -0.3 is 20.9 Å². The van der Waals surface area contributed by atoms with Crippen LogP contribution in [0.5, 0.6) is 0 Å². The third-order valence-electron chi connectivity index (χ3n) is 8.38. The van der Waals surface area contributed by atoms with E-state index in [0.29, 0.717) is 17.9 Å². The van der Waals surface area contributed by atoms with Crippen LogP contribution in [0.2, 0.25) is 0 Å². The number of hydrogen-bond acceptors (Lipinski definition) is 8. The lowest BCUT2D eigenvalue weighted by molar-refractivity contribution is 0.264. The SMILES string of the molecule is C/C=C(\C=C/C/C=N/N(CC)/C(=C\CCC)C(C)C)C(/N)=C(F)/C=N\CNC1=CC=C(CN2CCCCN(CC)CCC2)CN1C. The molecule has 2 heterocycles. The fraction of sp³-hybridized carbons (Fsp3) is 0.622. The molecule has 0 amide bonds. The number of nitrogens with two attached hydrogens (primary N) is 1. The number of nitrogens with zero attached hydrogens (tertiary/aromatic N) is 6. The molecule has 2 aliphatic rings. The van der Waals surface area contributed by atoms with Gasteiger partial charge in [0.05, 0.1) is 11.9 Å².